The fourth-order valence-corrected chi connectivity index (χ4v) is 2.85. The summed E-state index contributed by atoms with van der Waals surface area (Å²) >= 11 is 3.72. The molecule has 0 bridgehead atoms. The highest BCUT2D eigenvalue weighted by molar-refractivity contribution is 8.00. The Labute approximate surface area is 97.1 Å². The van der Waals surface area contributed by atoms with Gasteiger partial charge in [-0.05, 0) is 12.2 Å². The molecule has 1 nitrogen and oxygen atoms in total. The van der Waals surface area contributed by atoms with Crippen molar-refractivity contribution >= 4 is 29.3 Å². The molecule has 84 valence electrons. The molecule has 0 saturated carbocycles. The van der Waals surface area contributed by atoms with Gasteiger partial charge in [0.1, 0.15) is 5.78 Å². The van der Waals surface area contributed by atoms with Gasteiger partial charge in [0.25, 0.3) is 0 Å². The quantitative estimate of drug-likeness (QED) is 0.596. The Morgan fingerprint density at radius 3 is 1.71 bits per heavy atom. The smallest absolute Gasteiger partial charge is 0.143 e. The van der Waals surface area contributed by atoms with Gasteiger partial charge in [-0.1, -0.05) is 27.0 Å². The zero-order valence-corrected chi connectivity index (χ0v) is 8.81. The molecule has 0 radical (unpaired) electrons. The molecule has 3 heteroatoms. The average Bonchev–Trinajstić information content (AvgIpc) is 2.63. The van der Waals surface area contributed by atoms with Crippen molar-refractivity contribution in [2.75, 3.05) is 23.0 Å². The van der Waals surface area contributed by atoms with Crippen LogP contribution >= 0.6 is 23.5 Å². The molecule has 2 saturated heterocycles. The van der Waals surface area contributed by atoms with Crippen LogP contribution in [0.1, 0.15) is 27.7 Å². The van der Waals surface area contributed by atoms with Crippen molar-refractivity contribution < 1.29 is 4.79 Å². The third-order valence-electron chi connectivity index (χ3n) is 1.69. The lowest BCUT2D eigenvalue weighted by atomic mass is 10.3. The van der Waals surface area contributed by atoms with Crippen LogP contribution in [-0.4, -0.2) is 28.8 Å². The number of carbonyl (C=O) groups is 1. The maximum atomic E-state index is 10.2. The highest BCUT2D eigenvalue weighted by Crippen LogP contribution is 2.19. The van der Waals surface area contributed by atoms with E-state index in [0.29, 0.717) is 5.78 Å². The topological polar surface area (TPSA) is 17.1 Å². The molecular weight excluding hydrogens is 212 g/mol. The summed E-state index contributed by atoms with van der Waals surface area (Å²) < 4.78 is 0. The van der Waals surface area contributed by atoms with Crippen molar-refractivity contribution in [3.05, 3.63) is 12.2 Å². The maximum Gasteiger partial charge on any atom is 0.143 e. The molecule has 0 amide bonds. The molecule has 2 aliphatic rings. The minimum Gasteiger partial charge on any atom is -0.299 e. The minimum atomic E-state index is 0. The van der Waals surface area contributed by atoms with Crippen LogP contribution in [0.2, 0.25) is 0 Å². The van der Waals surface area contributed by atoms with Crippen molar-refractivity contribution in [3.8, 4) is 0 Å². The zero-order valence-electron chi connectivity index (χ0n) is 7.17. The second kappa shape index (κ2) is 9.66. The van der Waals surface area contributed by atoms with Gasteiger partial charge in [0.05, 0.1) is 5.75 Å². The van der Waals surface area contributed by atoms with Crippen LogP contribution in [0, 0.1) is 0 Å². The molecule has 0 N–H and O–H groups in total. The molecule has 2 rings (SSSR count). The van der Waals surface area contributed by atoms with Crippen LogP contribution in [0.25, 0.3) is 0 Å². The molecule has 2 fully saturated rings. The van der Waals surface area contributed by atoms with Crippen LogP contribution < -0.4 is 0 Å². The van der Waals surface area contributed by atoms with Gasteiger partial charge < -0.3 is 0 Å². The first-order valence-corrected chi connectivity index (χ1v) is 6.44. The summed E-state index contributed by atoms with van der Waals surface area (Å²) in [6.07, 6.45) is 2.06. The van der Waals surface area contributed by atoms with Crippen LogP contribution in [0.3, 0.4) is 0 Å². The average molecular weight is 234 g/mol. The molecule has 0 aliphatic carbocycles. The third kappa shape index (κ3) is 7.51. The van der Waals surface area contributed by atoms with E-state index in [0.717, 1.165) is 17.9 Å². The van der Waals surface area contributed by atoms with E-state index in [2.05, 4.69) is 6.58 Å². The molecule has 0 aromatic rings. The largest absolute Gasteiger partial charge is 0.299 e. The van der Waals surface area contributed by atoms with Gasteiger partial charge in [-0.2, -0.15) is 23.5 Å². The lowest BCUT2D eigenvalue weighted by molar-refractivity contribution is -0.115. The number of rotatable bonds is 0. The molecule has 14 heavy (non-hydrogen) atoms. The summed E-state index contributed by atoms with van der Waals surface area (Å²) in [5, 5.41) is 0. The first-order chi connectivity index (χ1) is 5.79. The fraction of sp³-hybridized carbons (Fsp3) is 0.727. The Balaban J connectivity index is 0. The van der Waals surface area contributed by atoms with Gasteiger partial charge in [0.15, 0.2) is 0 Å². The van der Waals surface area contributed by atoms with Crippen LogP contribution in [0.15, 0.2) is 12.2 Å². The molecule has 0 aromatic heterocycles. The predicted octanol–water partition coefficient (Wildman–Crippen LogP) is 3.64. The van der Waals surface area contributed by atoms with Crippen molar-refractivity contribution in [1.82, 2.24) is 0 Å². The number of thioether (sulfide) groups is 2. The highest BCUT2D eigenvalue weighted by atomic mass is 32.2. The van der Waals surface area contributed by atoms with E-state index in [1.165, 1.54) is 23.5 Å². The highest BCUT2D eigenvalue weighted by Gasteiger charge is 2.07. The van der Waals surface area contributed by atoms with E-state index in [1.807, 2.05) is 11.8 Å². The van der Waals surface area contributed by atoms with Crippen molar-refractivity contribution in [1.29, 1.82) is 0 Å². The van der Waals surface area contributed by atoms with E-state index in [1.54, 1.807) is 11.8 Å². The van der Waals surface area contributed by atoms with E-state index in [-0.39, 0.29) is 14.9 Å². The normalized spacial score (nSPS) is 19.1. The standard InChI is InChI=1S/C5H8S.C4H6OS.2CH4/c1-5-2-3-6-4-5;5-4-1-2-6-3-4;;/h1-4H2;1-3H2;2*1H4. The van der Waals surface area contributed by atoms with Crippen LogP contribution in [0.5, 0.6) is 0 Å². The van der Waals surface area contributed by atoms with Crippen LogP contribution in [-0.2, 0) is 4.79 Å². The summed E-state index contributed by atoms with van der Waals surface area (Å²) in [5.41, 5.74) is 1.42. The van der Waals surface area contributed by atoms with Crippen molar-refractivity contribution in [2.24, 2.45) is 0 Å². The third-order valence-corrected chi connectivity index (χ3v) is 3.82. The number of Topliss-reactive ketones (excluding diaryl/α,β-unsaturated/α-hetero) is 1. The molecule has 2 heterocycles. The number of ketones is 1. The molecule has 0 atom stereocenters. The second-order valence-corrected chi connectivity index (χ2v) is 5.10. The Kier molecular flexibility index (Phi) is 11.4. The van der Waals surface area contributed by atoms with Crippen molar-refractivity contribution in [2.45, 2.75) is 27.7 Å². The predicted molar refractivity (Wildman–Crippen MR) is 71.5 cm³/mol. The van der Waals surface area contributed by atoms with E-state index in [4.69, 9.17) is 0 Å². The minimum absolute atomic E-state index is 0. The van der Waals surface area contributed by atoms with Crippen molar-refractivity contribution in [3.63, 3.8) is 0 Å². The molecule has 0 unspecified atom stereocenters. The SMILES string of the molecule is C.C.C=C1CCSC1.O=C1CCSC1. The maximum absolute atomic E-state index is 10.2. The molecule has 0 aromatic carbocycles. The van der Waals surface area contributed by atoms with Gasteiger partial charge in [-0.25, -0.2) is 0 Å². The van der Waals surface area contributed by atoms with E-state index >= 15 is 0 Å². The molecule has 0 spiro atoms. The number of hydrogen-bond acceptors (Lipinski definition) is 3. The summed E-state index contributed by atoms with van der Waals surface area (Å²) in [5.74, 6) is 4.75. The van der Waals surface area contributed by atoms with Gasteiger partial charge in [0.2, 0.25) is 0 Å². The Morgan fingerprint density at radius 1 is 1.00 bits per heavy atom. The number of hydrogen-bond donors (Lipinski definition) is 0. The Morgan fingerprint density at radius 2 is 1.57 bits per heavy atom. The lowest BCUT2D eigenvalue weighted by Crippen LogP contribution is -1.89. The number of carbonyl (C=O) groups excluding carboxylic acids is 1. The van der Waals surface area contributed by atoms with Gasteiger partial charge in [0, 0.05) is 17.9 Å². The summed E-state index contributed by atoms with van der Waals surface area (Å²) in [7, 11) is 0. The monoisotopic (exact) mass is 234 g/mol. The first-order valence-electron chi connectivity index (χ1n) is 4.13. The molecule has 2 aliphatic heterocycles. The van der Waals surface area contributed by atoms with Crippen LogP contribution in [0.4, 0.5) is 0 Å². The lowest BCUT2D eigenvalue weighted by Gasteiger charge is -1.78. The molecular formula is C11H22OS2. The van der Waals surface area contributed by atoms with Gasteiger partial charge >= 0.3 is 0 Å². The Hall–Kier alpha value is 0.110. The van der Waals surface area contributed by atoms with Gasteiger partial charge in [-0.15, -0.1) is 0 Å². The summed E-state index contributed by atoms with van der Waals surface area (Å²) in [6.45, 7) is 3.83. The van der Waals surface area contributed by atoms with E-state index in [9.17, 15) is 4.79 Å². The fourth-order valence-electron chi connectivity index (χ4n) is 0.949. The first kappa shape index (κ1) is 16.5. The zero-order chi connectivity index (χ0) is 8.81. The Bertz CT molecular complexity index is 142. The van der Waals surface area contributed by atoms with Gasteiger partial charge in [-0.3, -0.25) is 4.79 Å². The summed E-state index contributed by atoms with van der Waals surface area (Å²) in [6, 6.07) is 0. The summed E-state index contributed by atoms with van der Waals surface area (Å²) in [4.78, 5) is 10.2. The second-order valence-electron chi connectivity index (χ2n) is 2.89. The van der Waals surface area contributed by atoms with E-state index < -0.39 is 0 Å².